The molecular formula is C39H52N6O4. The molecule has 3 amide bonds. The normalized spacial score (nSPS) is 16.5. The fraction of sp³-hybridized carbons (Fsp3) is 0.462. The number of hydrogen-bond acceptors (Lipinski definition) is 6. The molecule has 1 aromatic carbocycles. The van der Waals surface area contributed by atoms with Gasteiger partial charge < -0.3 is 26.0 Å². The van der Waals surface area contributed by atoms with Gasteiger partial charge in [0.05, 0.1) is 18.5 Å². The number of pyridine rings is 1. The summed E-state index contributed by atoms with van der Waals surface area (Å²) >= 11 is 0. The van der Waals surface area contributed by atoms with Gasteiger partial charge in [-0.2, -0.15) is 0 Å². The Kier molecular flexibility index (Phi) is 14.3. The van der Waals surface area contributed by atoms with E-state index in [0.29, 0.717) is 30.0 Å². The number of carbonyl (C=O) groups is 3. The molecule has 0 radical (unpaired) electrons. The van der Waals surface area contributed by atoms with Crippen LogP contribution in [0.3, 0.4) is 0 Å². The third-order valence-corrected chi connectivity index (χ3v) is 9.58. The maximum Gasteiger partial charge on any atom is 0.252 e. The molecule has 1 aliphatic rings. The number of amides is 3. The van der Waals surface area contributed by atoms with Crippen LogP contribution in [0.1, 0.15) is 75.6 Å². The van der Waals surface area contributed by atoms with Crippen LogP contribution in [0, 0.1) is 17.8 Å². The number of benzene rings is 1. The van der Waals surface area contributed by atoms with E-state index in [1.807, 2.05) is 36.4 Å². The molecule has 1 aliphatic carbocycles. The Morgan fingerprint density at radius 3 is 2.29 bits per heavy atom. The Hall–Kier alpha value is -4.57. The fourth-order valence-corrected chi connectivity index (χ4v) is 6.54. The standard InChI is InChI=1S/C39H52N6O4/c1-5-30(26(2)3)21-36(46)33(19-28-13-8-6-9-14-28)43-39(49)35(22-32-24-41-25-42-32)45-38(48)34(20-29-15-10-7-11-16-29)44-37(47)27(4)31-17-12-18-40-23-31/h5,7,10-12,15-18,23-26,28,30,33-36,46H,1,4,6,8-9,13-14,19-22H2,2-3H3,(H,41,42)(H,43,49)(H,44,47)(H,45,48)/t30-,33-,34-,35-,36-/m0/s1. The number of nitrogens with zero attached hydrogens (tertiary/aromatic N) is 2. The van der Waals surface area contributed by atoms with E-state index >= 15 is 0 Å². The lowest BCUT2D eigenvalue weighted by molar-refractivity contribution is -0.132. The summed E-state index contributed by atoms with van der Waals surface area (Å²) in [6.45, 7) is 12.1. The lowest BCUT2D eigenvalue weighted by atomic mass is 9.81. The number of aliphatic hydroxyl groups excluding tert-OH is 1. The van der Waals surface area contributed by atoms with Gasteiger partial charge in [0.2, 0.25) is 11.8 Å². The van der Waals surface area contributed by atoms with Crippen molar-refractivity contribution in [3.8, 4) is 0 Å². The molecule has 0 unspecified atom stereocenters. The first-order chi connectivity index (χ1) is 23.6. The predicted molar refractivity (Wildman–Crippen MR) is 192 cm³/mol. The molecule has 5 atom stereocenters. The van der Waals surface area contributed by atoms with E-state index < -0.39 is 42.0 Å². The molecule has 0 bridgehead atoms. The van der Waals surface area contributed by atoms with Gasteiger partial charge in [0.15, 0.2) is 0 Å². The van der Waals surface area contributed by atoms with Crippen LogP contribution in [0.5, 0.6) is 0 Å². The largest absolute Gasteiger partial charge is 0.391 e. The highest BCUT2D eigenvalue weighted by Crippen LogP contribution is 2.30. The van der Waals surface area contributed by atoms with Crippen molar-refractivity contribution in [3.05, 3.63) is 103 Å². The molecule has 262 valence electrons. The number of rotatable bonds is 18. The third kappa shape index (κ3) is 11.5. The van der Waals surface area contributed by atoms with E-state index in [1.54, 1.807) is 24.5 Å². The van der Waals surface area contributed by atoms with E-state index in [0.717, 1.165) is 31.2 Å². The molecule has 4 rings (SSSR count). The van der Waals surface area contributed by atoms with Crippen LogP contribution < -0.4 is 16.0 Å². The summed E-state index contributed by atoms with van der Waals surface area (Å²) in [5.41, 5.74) is 2.20. The van der Waals surface area contributed by atoms with Crippen molar-refractivity contribution in [2.45, 2.75) is 95.9 Å². The molecule has 10 heteroatoms. The summed E-state index contributed by atoms with van der Waals surface area (Å²) < 4.78 is 0. The molecule has 2 aromatic heterocycles. The van der Waals surface area contributed by atoms with Crippen molar-refractivity contribution in [1.82, 2.24) is 30.9 Å². The zero-order valence-electron chi connectivity index (χ0n) is 28.8. The quantitative estimate of drug-likeness (QED) is 0.0958. The minimum absolute atomic E-state index is 0.0880. The maximum atomic E-state index is 14.1. The molecule has 2 heterocycles. The molecular weight excluding hydrogens is 616 g/mol. The predicted octanol–water partition coefficient (Wildman–Crippen LogP) is 4.94. The van der Waals surface area contributed by atoms with Gasteiger partial charge in [0.1, 0.15) is 12.1 Å². The molecule has 1 saturated carbocycles. The van der Waals surface area contributed by atoms with Gasteiger partial charge >= 0.3 is 0 Å². The Bertz CT molecular complexity index is 1490. The zero-order chi connectivity index (χ0) is 35.2. The second-order valence-electron chi connectivity index (χ2n) is 13.6. The first-order valence-corrected chi connectivity index (χ1v) is 17.5. The number of H-pyrrole nitrogens is 1. The SMILES string of the molecule is C=C[C@@H](C[C@H](O)[C@H](CC1CCCCC1)NC(=O)[C@H](Cc1cnc[nH]1)NC(=O)[C@H](Cc1ccccc1)NC(=O)C(=C)c1cccnc1)C(C)C. The van der Waals surface area contributed by atoms with Gasteiger partial charge in [-0.15, -0.1) is 6.58 Å². The number of aromatic amines is 1. The van der Waals surface area contributed by atoms with Gasteiger partial charge in [-0.05, 0) is 42.2 Å². The molecule has 49 heavy (non-hydrogen) atoms. The summed E-state index contributed by atoms with van der Waals surface area (Å²) in [6, 6.07) is 10.3. The fourth-order valence-electron chi connectivity index (χ4n) is 6.54. The molecule has 5 N–H and O–H groups in total. The Morgan fingerprint density at radius 1 is 0.939 bits per heavy atom. The van der Waals surface area contributed by atoms with Gasteiger partial charge in [0.25, 0.3) is 5.91 Å². The molecule has 1 fully saturated rings. The zero-order valence-corrected chi connectivity index (χ0v) is 28.8. The van der Waals surface area contributed by atoms with Crippen LogP contribution in [0.4, 0.5) is 0 Å². The lowest BCUT2D eigenvalue weighted by Gasteiger charge is -2.33. The smallest absolute Gasteiger partial charge is 0.252 e. The average Bonchev–Trinajstić information content (AvgIpc) is 3.63. The summed E-state index contributed by atoms with van der Waals surface area (Å²) in [6.07, 6.45) is 14.4. The van der Waals surface area contributed by atoms with Crippen LogP contribution in [-0.2, 0) is 27.2 Å². The number of hydrogen-bond donors (Lipinski definition) is 5. The average molecular weight is 669 g/mol. The van der Waals surface area contributed by atoms with Crippen LogP contribution in [0.25, 0.3) is 5.57 Å². The molecule has 0 saturated heterocycles. The van der Waals surface area contributed by atoms with E-state index in [4.69, 9.17) is 0 Å². The maximum absolute atomic E-state index is 14.1. The molecule has 0 aliphatic heterocycles. The lowest BCUT2D eigenvalue weighted by Crippen LogP contribution is -2.57. The minimum atomic E-state index is -1.01. The first-order valence-electron chi connectivity index (χ1n) is 17.5. The number of carbonyl (C=O) groups excluding carboxylic acids is 3. The monoisotopic (exact) mass is 668 g/mol. The van der Waals surface area contributed by atoms with E-state index in [-0.39, 0.29) is 30.3 Å². The summed E-state index contributed by atoms with van der Waals surface area (Å²) in [5, 5.41) is 20.4. The summed E-state index contributed by atoms with van der Waals surface area (Å²) in [5.74, 6) is -0.675. The van der Waals surface area contributed by atoms with Gasteiger partial charge in [-0.3, -0.25) is 19.4 Å². The highest BCUT2D eigenvalue weighted by molar-refractivity contribution is 6.19. The second kappa shape index (κ2) is 18.8. The first kappa shape index (κ1) is 37.3. The molecule has 10 nitrogen and oxygen atoms in total. The van der Waals surface area contributed by atoms with Crippen molar-refractivity contribution in [2.24, 2.45) is 17.8 Å². The highest BCUT2D eigenvalue weighted by atomic mass is 16.3. The minimum Gasteiger partial charge on any atom is -0.391 e. The van der Waals surface area contributed by atoms with Crippen molar-refractivity contribution < 1.29 is 19.5 Å². The number of aromatic nitrogens is 3. The van der Waals surface area contributed by atoms with E-state index in [9.17, 15) is 19.5 Å². The van der Waals surface area contributed by atoms with E-state index in [1.165, 1.54) is 18.9 Å². The Labute approximate surface area is 290 Å². The second-order valence-corrected chi connectivity index (χ2v) is 13.6. The number of nitrogens with one attached hydrogen (secondary N) is 4. The summed E-state index contributed by atoms with van der Waals surface area (Å²) in [7, 11) is 0. The van der Waals surface area contributed by atoms with Crippen molar-refractivity contribution in [1.29, 1.82) is 0 Å². The molecule has 0 spiro atoms. The number of aliphatic hydroxyl groups is 1. The van der Waals surface area contributed by atoms with Gasteiger partial charge in [-0.25, -0.2) is 4.98 Å². The number of allylic oxidation sites excluding steroid dienone is 1. The van der Waals surface area contributed by atoms with Gasteiger partial charge in [-0.1, -0.05) is 95.0 Å². The van der Waals surface area contributed by atoms with Gasteiger partial charge in [0, 0.05) is 48.3 Å². The van der Waals surface area contributed by atoms with Crippen molar-refractivity contribution in [2.75, 3.05) is 0 Å². The third-order valence-electron chi connectivity index (χ3n) is 9.58. The van der Waals surface area contributed by atoms with E-state index in [2.05, 4.69) is 57.9 Å². The van der Waals surface area contributed by atoms with Crippen LogP contribution in [0.2, 0.25) is 0 Å². The van der Waals surface area contributed by atoms with Crippen LogP contribution in [-0.4, -0.2) is 62.0 Å². The Balaban J connectivity index is 1.56. The van der Waals surface area contributed by atoms with Crippen molar-refractivity contribution >= 4 is 23.3 Å². The number of imidazole rings is 1. The topological polar surface area (TPSA) is 149 Å². The highest BCUT2D eigenvalue weighted by Gasteiger charge is 2.33. The van der Waals surface area contributed by atoms with Crippen LogP contribution >= 0.6 is 0 Å². The summed E-state index contributed by atoms with van der Waals surface area (Å²) in [4.78, 5) is 52.7. The van der Waals surface area contributed by atoms with Crippen LogP contribution in [0.15, 0.2) is 86.6 Å². The Morgan fingerprint density at radius 2 is 1.65 bits per heavy atom. The van der Waals surface area contributed by atoms with Crippen molar-refractivity contribution in [3.63, 3.8) is 0 Å². The molecule has 3 aromatic rings.